The quantitative estimate of drug-likeness (QED) is 0.696. The van der Waals surface area contributed by atoms with Crippen molar-refractivity contribution in [3.05, 3.63) is 35.9 Å². The minimum atomic E-state index is 0.731. The van der Waals surface area contributed by atoms with Crippen molar-refractivity contribution in [2.24, 2.45) is 0 Å². The van der Waals surface area contributed by atoms with E-state index < -0.39 is 0 Å². The van der Waals surface area contributed by atoms with E-state index in [-0.39, 0.29) is 0 Å². The van der Waals surface area contributed by atoms with Crippen molar-refractivity contribution >= 4 is 11.8 Å². The topological polar surface area (TPSA) is 12.0 Å². The lowest BCUT2D eigenvalue weighted by Crippen LogP contribution is -2.23. The van der Waals surface area contributed by atoms with Gasteiger partial charge in [0.2, 0.25) is 0 Å². The number of hydrogen-bond donors (Lipinski definition) is 1. The molecule has 1 rings (SSSR count). The third-order valence-electron chi connectivity index (χ3n) is 2.75. The average Bonchev–Trinajstić information content (AvgIpc) is 2.34. The fraction of sp³-hybridized carbons (Fsp3) is 0.571. The first kappa shape index (κ1) is 13.6. The molecule has 1 atom stereocenters. The van der Waals surface area contributed by atoms with Gasteiger partial charge in [-0.1, -0.05) is 37.3 Å². The molecule has 0 spiro atoms. The normalized spacial score (nSPS) is 12.6. The van der Waals surface area contributed by atoms with Gasteiger partial charge in [0.05, 0.1) is 0 Å². The Morgan fingerprint density at radius 1 is 1.19 bits per heavy atom. The summed E-state index contributed by atoms with van der Waals surface area (Å²) in [6, 6.07) is 10.7. The highest BCUT2D eigenvalue weighted by Crippen LogP contribution is 2.05. The summed E-state index contributed by atoms with van der Waals surface area (Å²) in [6.07, 6.45) is 5.93. The molecule has 1 N–H and O–H groups in total. The maximum Gasteiger partial charge on any atom is 0.0141 e. The lowest BCUT2D eigenvalue weighted by atomic mass is 10.1. The van der Waals surface area contributed by atoms with E-state index in [4.69, 9.17) is 0 Å². The van der Waals surface area contributed by atoms with Gasteiger partial charge in [-0.05, 0) is 37.6 Å². The second-order valence-corrected chi connectivity index (χ2v) is 5.47. The monoisotopic (exact) mass is 237 g/mol. The van der Waals surface area contributed by atoms with Crippen LogP contribution in [0.5, 0.6) is 0 Å². The Morgan fingerprint density at radius 2 is 1.94 bits per heavy atom. The first-order chi connectivity index (χ1) is 7.83. The SMILES string of the molecule is CSC(C)CNCCCCc1ccccc1. The molecule has 0 aliphatic heterocycles. The van der Waals surface area contributed by atoms with Crippen LogP contribution in [0.3, 0.4) is 0 Å². The number of nitrogens with one attached hydrogen (secondary N) is 1. The van der Waals surface area contributed by atoms with E-state index in [0.717, 1.165) is 18.3 Å². The Kier molecular flexibility index (Phi) is 7.35. The molecule has 0 radical (unpaired) electrons. The Hall–Kier alpha value is -0.470. The highest BCUT2D eigenvalue weighted by Gasteiger charge is 1.97. The van der Waals surface area contributed by atoms with Crippen molar-refractivity contribution in [1.82, 2.24) is 5.32 Å². The fourth-order valence-electron chi connectivity index (χ4n) is 1.61. The molecule has 2 heteroatoms. The summed E-state index contributed by atoms with van der Waals surface area (Å²) in [5.41, 5.74) is 1.46. The molecule has 0 aliphatic rings. The highest BCUT2D eigenvalue weighted by molar-refractivity contribution is 7.99. The van der Waals surface area contributed by atoms with Crippen LogP contribution in [0.2, 0.25) is 0 Å². The predicted molar refractivity (Wildman–Crippen MR) is 75.2 cm³/mol. The molecule has 1 aromatic carbocycles. The molecule has 0 saturated carbocycles. The van der Waals surface area contributed by atoms with Crippen LogP contribution < -0.4 is 5.32 Å². The molecule has 0 heterocycles. The van der Waals surface area contributed by atoms with Crippen molar-refractivity contribution in [3.8, 4) is 0 Å². The van der Waals surface area contributed by atoms with Gasteiger partial charge in [-0.15, -0.1) is 0 Å². The van der Waals surface area contributed by atoms with E-state index in [1.807, 2.05) is 11.8 Å². The summed E-state index contributed by atoms with van der Waals surface area (Å²) in [6.45, 7) is 4.55. The van der Waals surface area contributed by atoms with Gasteiger partial charge in [-0.25, -0.2) is 0 Å². The molecular formula is C14H23NS. The molecule has 16 heavy (non-hydrogen) atoms. The zero-order valence-corrected chi connectivity index (χ0v) is 11.2. The molecule has 1 aromatic rings. The maximum atomic E-state index is 3.50. The van der Waals surface area contributed by atoms with Gasteiger partial charge in [-0.2, -0.15) is 11.8 Å². The van der Waals surface area contributed by atoms with Gasteiger partial charge < -0.3 is 5.32 Å². The number of aryl methyl sites for hydroxylation is 1. The Morgan fingerprint density at radius 3 is 2.62 bits per heavy atom. The van der Waals surface area contributed by atoms with Crippen LogP contribution in [-0.2, 0) is 6.42 Å². The second kappa shape index (κ2) is 8.66. The van der Waals surface area contributed by atoms with Crippen molar-refractivity contribution in [1.29, 1.82) is 0 Å². The molecule has 0 bridgehead atoms. The zero-order chi connectivity index (χ0) is 11.6. The molecule has 0 fully saturated rings. The van der Waals surface area contributed by atoms with E-state index >= 15 is 0 Å². The van der Waals surface area contributed by atoms with Crippen molar-refractivity contribution in [2.75, 3.05) is 19.3 Å². The standard InChI is InChI=1S/C14H23NS/c1-13(16-2)12-15-11-7-6-10-14-8-4-3-5-9-14/h3-5,8-9,13,15H,6-7,10-12H2,1-2H3. The number of hydrogen-bond acceptors (Lipinski definition) is 2. The highest BCUT2D eigenvalue weighted by atomic mass is 32.2. The number of thioether (sulfide) groups is 1. The van der Waals surface area contributed by atoms with Gasteiger partial charge in [-0.3, -0.25) is 0 Å². The fourth-order valence-corrected chi connectivity index (χ4v) is 1.90. The molecule has 90 valence electrons. The van der Waals surface area contributed by atoms with E-state index in [9.17, 15) is 0 Å². The maximum absolute atomic E-state index is 3.50. The lowest BCUT2D eigenvalue weighted by Gasteiger charge is -2.09. The van der Waals surface area contributed by atoms with Crippen LogP contribution in [0.4, 0.5) is 0 Å². The Balaban J connectivity index is 1.96. The first-order valence-electron chi connectivity index (χ1n) is 6.10. The number of rotatable bonds is 8. The minimum Gasteiger partial charge on any atom is -0.316 e. The minimum absolute atomic E-state index is 0.731. The zero-order valence-electron chi connectivity index (χ0n) is 10.4. The third-order valence-corrected chi connectivity index (χ3v) is 3.72. The molecule has 0 aliphatic carbocycles. The van der Waals surface area contributed by atoms with Crippen molar-refractivity contribution < 1.29 is 0 Å². The number of unbranched alkanes of at least 4 members (excludes halogenated alkanes) is 1. The molecule has 0 aromatic heterocycles. The lowest BCUT2D eigenvalue weighted by molar-refractivity contribution is 0.621. The molecule has 0 saturated heterocycles. The van der Waals surface area contributed by atoms with Gasteiger partial charge in [0.25, 0.3) is 0 Å². The summed E-state index contributed by atoms with van der Waals surface area (Å²) in [5.74, 6) is 0. The van der Waals surface area contributed by atoms with Crippen molar-refractivity contribution in [3.63, 3.8) is 0 Å². The van der Waals surface area contributed by atoms with Crippen molar-refractivity contribution in [2.45, 2.75) is 31.4 Å². The first-order valence-corrected chi connectivity index (χ1v) is 7.39. The van der Waals surface area contributed by atoms with Gasteiger partial charge in [0.1, 0.15) is 0 Å². The summed E-state index contributed by atoms with van der Waals surface area (Å²) in [7, 11) is 0. The Bertz CT molecular complexity index is 261. The van der Waals surface area contributed by atoms with Gasteiger partial charge >= 0.3 is 0 Å². The predicted octanol–water partition coefficient (Wildman–Crippen LogP) is 3.35. The summed E-state index contributed by atoms with van der Waals surface area (Å²) in [4.78, 5) is 0. The molecule has 0 amide bonds. The summed E-state index contributed by atoms with van der Waals surface area (Å²) >= 11 is 1.92. The largest absolute Gasteiger partial charge is 0.316 e. The Labute approximate surface area is 104 Å². The van der Waals surface area contributed by atoms with Crippen LogP contribution in [0.1, 0.15) is 25.3 Å². The molecule has 1 unspecified atom stereocenters. The van der Waals surface area contributed by atoms with E-state index in [1.54, 1.807) is 0 Å². The van der Waals surface area contributed by atoms with Crippen LogP contribution in [0, 0.1) is 0 Å². The summed E-state index contributed by atoms with van der Waals surface area (Å²) in [5, 5.41) is 4.23. The van der Waals surface area contributed by atoms with Gasteiger partial charge in [0.15, 0.2) is 0 Å². The van der Waals surface area contributed by atoms with Crippen LogP contribution in [0.15, 0.2) is 30.3 Å². The van der Waals surface area contributed by atoms with E-state index in [2.05, 4.69) is 48.8 Å². The molecular weight excluding hydrogens is 214 g/mol. The van der Waals surface area contributed by atoms with Gasteiger partial charge in [0, 0.05) is 11.8 Å². The van der Waals surface area contributed by atoms with Crippen LogP contribution in [-0.4, -0.2) is 24.6 Å². The third kappa shape index (κ3) is 6.19. The smallest absolute Gasteiger partial charge is 0.0141 e. The van der Waals surface area contributed by atoms with Crippen LogP contribution in [0.25, 0.3) is 0 Å². The van der Waals surface area contributed by atoms with E-state index in [0.29, 0.717) is 0 Å². The molecule has 1 nitrogen and oxygen atoms in total. The number of benzene rings is 1. The van der Waals surface area contributed by atoms with Crippen LogP contribution >= 0.6 is 11.8 Å². The average molecular weight is 237 g/mol. The summed E-state index contributed by atoms with van der Waals surface area (Å²) < 4.78 is 0. The second-order valence-electron chi connectivity index (χ2n) is 4.19. The van der Waals surface area contributed by atoms with E-state index in [1.165, 1.54) is 24.8 Å².